The number of hydrogen-bond donors (Lipinski definition) is 1. The lowest BCUT2D eigenvalue weighted by Gasteiger charge is -2.42. The maximum Gasteiger partial charge on any atom is 0.0940 e. The van der Waals surface area contributed by atoms with Gasteiger partial charge in [0, 0.05) is 19.6 Å². The van der Waals surface area contributed by atoms with Gasteiger partial charge in [0.1, 0.15) is 0 Å². The van der Waals surface area contributed by atoms with E-state index in [1.165, 1.54) is 9.35 Å². The van der Waals surface area contributed by atoms with Gasteiger partial charge in [-0.05, 0) is 46.8 Å². The smallest absolute Gasteiger partial charge is 0.0940 e. The Labute approximate surface area is 115 Å². The summed E-state index contributed by atoms with van der Waals surface area (Å²) in [6.45, 7) is 6.86. The summed E-state index contributed by atoms with van der Waals surface area (Å²) in [5, 5.41) is 11.4. The molecule has 1 fully saturated rings. The molecular weight excluding hydrogens is 302 g/mol. The molecule has 0 aliphatic carbocycles. The van der Waals surface area contributed by atoms with Gasteiger partial charge >= 0.3 is 0 Å². The first-order valence-electron chi connectivity index (χ1n) is 5.72. The highest BCUT2D eigenvalue weighted by molar-refractivity contribution is 9.11. The van der Waals surface area contributed by atoms with Crippen LogP contribution in [-0.4, -0.2) is 41.4 Å². The second-order valence-corrected chi connectivity index (χ2v) is 7.40. The summed E-state index contributed by atoms with van der Waals surface area (Å²) < 4.78 is 6.96. The van der Waals surface area contributed by atoms with Crippen LogP contribution in [0.5, 0.6) is 0 Å². The second-order valence-electron chi connectivity index (χ2n) is 5.11. The van der Waals surface area contributed by atoms with Crippen LogP contribution in [0.3, 0.4) is 0 Å². The van der Waals surface area contributed by atoms with Crippen molar-refractivity contribution >= 4 is 27.3 Å². The fraction of sp³-hybridized carbons (Fsp3) is 0.667. The Morgan fingerprint density at radius 3 is 3.00 bits per heavy atom. The van der Waals surface area contributed by atoms with Crippen molar-refractivity contribution in [2.45, 2.75) is 32.1 Å². The lowest BCUT2D eigenvalue weighted by atomic mass is 10.0. The molecule has 1 aliphatic heterocycles. The zero-order chi connectivity index (χ0) is 12.5. The summed E-state index contributed by atoms with van der Waals surface area (Å²) in [5.74, 6) is 0. The molecule has 17 heavy (non-hydrogen) atoms. The maximum atomic E-state index is 9.25. The molecule has 1 saturated heterocycles. The van der Waals surface area contributed by atoms with Crippen molar-refractivity contribution < 1.29 is 9.84 Å². The van der Waals surface area contributed by atoms with E-state index >= 15 is 0 Å². The summed E-state index contributed by atoms with van der Waals surface area (Å²) in [5.41, 5.74) is 1.13. The van der Waals surface area contributed by atoms with Crippen LogP contribution in [-0.2, 0) is 11.3 Å². The number of thiophene rings is 1. The zero-order valence-corrected chi connectivity index (χ0v) is 12.6. The van der Waals surface area contributed by atoms with Crippen LogP contribution >= 0.6 is 27.3 Å². The van der Waals surface area contributed by atoms with Crippen molar-refractivity contribution in [1.82, 2.24) is 4.90 Å². The molecule has 1 aromatic rings. The molecule has 0 saturated carbocycles. The Morgan fingerprint density at radius 2 is 2.41 bits per heavy atom. The summed E-state index contributed by atoms with van der Waals surface area (Å²) in [6, 6.07) is 2.15. The fourth-order valence-electron chi connectivity index (χ4n) is 2.32. The third kappa shape index (κ3) is 3.76. The minimum absolute atomic E-state index is 0.0687. The molecule has 2 rings (SSSR count). The predicted octanol–water partition coefficient (Wildman–Crippen LogP) is 2.48. The lowest BCUT2D eigenvalue weighted by molar-refractivity contribution is -0.150. The lowest BCUT2D eigenvalue weighted by Crippen LogP contribution is -2.53. The van der Waals surface area contributed by atoms with E-state index in [0.29, 0.717) is 0 Å². The Kier molecular flexibility index (Phi) is 4.26. The van der Waals surface area contributed by atoms with Crippen LogP contribution in [0.1, 0.15) is 19.4 Å². The van der Waals surface area contributed by atoms with Crippen LogP contribution < -0.4 is 0 Å². The van der Waals surface area contributed by atoms with Crippen LogP contribution in [0.25, 0.3) is 0 Å². The summed E-state index contributed by atoms with van der Waals surface area (Å²) in [7, 11) is 0. The average Bonchev–Trinajstić information content (AvgIpc) is 2.61. The molecule has 1 aromatic heterocycles. The van der Waals surface area contributed by atoms with Crippen LogP contribution in [0.15, 0.2) is 15.2 Å². The predicted molar refractivity (Wildman–Crippen MR) is 73.3 cm³/mol. The minimum atomic E-state index is -0.182. The molecule has 1 atom stereocenters. The first-order chi connectivity index (χ1) is 7.98. The molecule has 0 aromatic carbocycles. The van der Waals surface area contributed by atoms with Gasteiger partial charge in [0.2, 0.25) is 0 Å². The molecular formula is C12H18BrNO2S. The SMILES string of the molecule is CC1(C)CN(Cc2csc(Br)c2)CC(CO)O1. The van der Waals surface area contributed by atoms with E-state index in [1.807, 2.05) is 0 Å². The summed E-state index contributed by atoms with van der Waals surface area (Å²) >= 11 is 5.19. The summed E-state index contributed by atoms with van der Waals surface area (Å²) in [4.78, 5) is 2.35. The van der Waals surface area contributed by atoms with Gasteiger partial charge in [0.15, 0.2) is 0 Å². The molecule has 2 heterocycles. The number of aliphatic hydroxyl groups is 1. The highest BCUT2D eigenvalue weighted by atomic mass is 79.9. The van der Waals surface area contributed by atoms with Gasteiger partial charge < -0.3 is 9.84 Å². The van der Waals surface area contributed by atoms with Gasteiger partial charge in [0.25, 0.3) is 0 Å². The molecule has 1 unspecified atom stereocenters. The number of ether oxygens (including phenoxy) is 1. The Balaban J connectivity index is 2.00. The van der Waals surface area contributed by atoms with Crippen molar-refractivity contribution in [2.75, 3.05) is 19.7 Å². The number of nitrogens with zero attached hydrogens (tertiary/aromatic N) is 1. The van der Waals surface area contributed by atoms with Gasteiger partial charge in [0.05, 0.1) is 22.1 Å². The quantitative estimate of drug-likeness (QED) is 0.929. The van der Waals surface area contributed by atoms with Gasteiger partial charge in [-0.15, -0.1) is 11.3 Å². The van der Waals surface area contributed by atoms with Crippen LogP contribution in [0, 0.1) is 0 Å². The van der Waals surface area contributed by atoms with E-state index in [2.05, 4.69) is 46.1 Å². The van der Waals surface area contributed by atoms with Crippen molar-refractivity contribution in [3.05, 3.63) is 20.8 Å². The molecule has 1 aliphatic rings. The van der Waals surface area contributed by atoms with Crippen molar-refractivity contribution in [1.29, 1.82) is 0 Å². The van der Waals surface area contributed by atoms with Gasteiger partial charge in [-0.25, -0.2) is 0 Å². The van der Waals surface area contributed by atoms with E-state index in [9.17, 15) is 5.11 Å². The van der Waals surface area contributed by atoms with Gasteiger partial charge in [-0.2, -0.15) is 0 Å². The minimum Gasteiger partial charge on any atom is -0.394 e. The van der Waals surface area contributed by atoms with E-state index in [1.54, 1.807) is 11.3 Å². The maximum absolute atomic E-state index is 9.25. The number of rotatable bonds is 3. The molecule has 0 spiro atoms. The third-order valence-corrected chi connectivity index (χ3v) is 4.34. The molecule has 0 radical (unpaired) electrons. The number of hydrogen-bond acceptors (Lipinski definition) is 4. The first kappa shape index (κ1) is 13.5. The molecule has 1 N–H and O–H groups in total. The molecule has 0 bridgehead atoms. The van der Waals surface area contributed by atoms with Gasteiger partial charge in [-0.1, -0.05) is 0 Å². The highest BCUT2D eigenvalue weighted by Gasteiger charge is 2.32. The van der Waals surface area contributed by atoms with Crippen LogP contribution in [0.2, 0.25) is 0 Å². The molecule has 5 heteroatoms. The zero-order valence-electron chi connectivity index (χ0n) is 10.1. The highest BCUT2D eigenvalue weighted by Crippen LogP contribution is 2.25. The van der Waals surface area contributed by atoms with E-state index in [0.717, 1.165) is 19.6 Å². The monoisotopic (exact) mass is 319 g/mol. The number of morpholine rings is 1. The van der Waals surface area contributed by atoms with E-state index in [-0.39, 0.29) is 18.3 Å². The third-order valence-electron chi connectivity index (χ3n) is 2.78. The van der Waals surface area contributed by atoms with E-state index in [4.69, 9.17) is 4.74 Å². The standard InChI is InChI=1S/C12H18BrNO2S/c1-12(2)8-14(5-10(6-15)16-12)4-9-3-11(13)17-7-9/h3,7,10,15H,4-6,8H2,1-2H3. The Bertz CT molecular complexity index is 380. The second kappa shape index (κ2) is 5.36. The Hall–Kier alpha value is 0.0600. The van der Waals surface area contributed by atoms with Crippen molar-refractivity contribution in [3.8, 4) is 0 Å². The largest absolute Gasteiger partial charge is 0.394 e. The Morgan fingerprint density at radius 1 is 1.65 bits per heavy atom. The fourth-order valence-corrected chi connectivity index (χ4v) is 3.52. The first-order valence-corrected chi connectivity index (χ1v) is 7.40. The number of aliphatic hydroxyl groups excluding tert-OH is 1. The molecule has 0 amide bonds. The van der Waals surface area contributed by atoms with Crippen molar-refractivity contribution in [2.24, 2.45) is 0 Å². The number of halogens is 1. The normalized spacial score (nSPS) is 25.1. The van der Waals surface area contributed by atoms with Gasteiger partial charge in [-0.3, -0.25) is 4.90 Å². The molecule has 96 valence electrons. The molecule has 3 nitrogen and oxygen atoms in total. The topological polar surface area (TPSA) is 32.7 Å². The van der Waals surface area contributed by atoms with E-state index < -0.39 is 0 Å². The average molecular weight is 320 g/mol. The van der Waals surface area contributed by atoms with Crippen molar-refractivity contribution in [3.63, 3.8) is 0 Å². The summed E-state index contributed by atoms with van der Waals surface area (Å²) in [6.07, 6.45) is -0.0687. The van der Waals surface area contributed by atoms with Crippen LogP contribution in [0.4, 0.5) is 0 Å².